The molecule has 2 amide bonds. The molecule has 2 aromatic carbocycles. The second kappa shape index (κ2) is 12.6. The number of thiazole rings is 1. The number of carbonyl (C=O) groups is 3. The van der Waals surface area contributed by atoms with Gasteiger partial charge in [0.1, 0.15) is 16.5 Å². The molecule has 2 heterocycles. The van der Waals surface area contributed by atoms with E-state index in [-0.39, 0.29) is 24.6 Å². The second-order valence-corrected chi connectivity index (χ2v) is 9.83. The summed E-state index contributed by atoms with van der Waals surface area (Å²) in [7, 11) is 0. The molecule has 8 nitrogen and oxygen atoms in total. The molecule has 0 radical (unpaired) electrons. The van der Waals surface area contributed by atoms with Gasteiger partial charge in [0, 0.05) is 38.2 Å². The number of hydrogen-bond donors (Lipinski definition) is 2. The van der Waals surface area contributed by atoms with Crippen LogP contribution in [0.2, 0.25) is 0 Å². The van der Waals surface area contributed by atoms with Crippen molar-refractivity contribution < 1.29 is 23.9 Å². The van der Waals surface area contributed by atoms with E-state index in [1.54, 1.807) is 17.0 Å². The van der Waals surface area contributed by atoms with Crippen LogP contribution in [0.25, 0.3) is 21.0 Å². The Kier molecular flexibility index (Phi) is 8.97. The quantitative estimate of drug-likeness (QED) is 0.392. The summed E-state index contributed by atoms with van der Waals surface area (Å²) in [5, 5.41) is 12.1. The molecule has 194 valence electrons. The van der Waals surface area contributed by atoms with Crippen molar-refractivity contribution >= 4 is 29.1 Å². The normalized spacial score (nSPS) is 13.9. The van der Waals surface area contributed by atoms with Crippen molar-refractivity contribution in [2.24, 2.45) is 0 Å². The van der Waals surface area contributed by atoms with Gasteiger partial charge < -0.3 is 15.3 Å². The topological polar surface area (TPSA) is 103 Å². The minimum Gasteiger partial charge on any atom is -0.481 e. The molecule has 1 aliphatic heterocycles. The molecule has 1 aliphatic rings. The fraction of sp³-hybridized carbons (Fsp3) is 0.333. The summed E-state index contributed by atoms with van der Waals surface area (Å²) in [6.07, 6.45) is 1.62. The Bertz CT molecular complexity index is 1240. The summed E-state index contributed by atoms with van der Waals surface area (Å²) in [6, 6.07) is 15.5. The molecule has 0 bridgehead atoms. The van der Waals surface area contributed by atoms with Crippen LogP contribution >= 0.6 is 11.3 Å². The largest absolute Gasteiger partial charge is 0.481 e. The van der Waals surface area contributed by atoms with E-state index in [9.17, 15) is 18.8 Å². The van der Waals surface area contributed by atoms with Crippen LogP contribution in [-0.2, 0) is 9.59 Å². The maximum absolute atomic E-state index is 13.9. The number of rotatable bonds is 10. The van der Waals surface area contributed by atoms with Gasteiger partial charge in [0.25, 0.3) is 5.91 Å². The highest BCUT2D eigenvalue weighted by Gasteiger charge is 2.24. The number of halogens is 1. The first kappa shape index (κ1) is 26.4. The minimum absolute atomic E-state index is 0.155. The van der Waals surface area contributed by atoms with Gasteiger partial charge in [-0.25, -0.2) is 9.37 Å². The van der Waals surface area contributed by atoms with Gasteiger partial charge in [-0.1, -0.05) is 42.5 Å². The van der Waals surface area contributed by atoms with Crippen molar-refractivity contribution in [3.8, 4) is 21.0 Å². The Hall–Kier alpha value is -3.63. The fourth-order valence-electron chi connectivity index (χ4n) is 4.19. The molecular weight excluding hydrogens is 495 g/mol. The highest BCUT2D eigenvalue weighted by molar-refractivity contribution is 7.18. The lowest BCUT2D eigenvalue weighted by Gasteiger charge is -2.34. The summed E-state index contributed by atoms with van der Waals surface area (Å²) in [6.45, 7) is 3.18. The molecule has 0 aliphatic carbocycles. The van der Waals surface area contributed by atoms with Gasteiger partial charge in [-0.3, -0.25) is 19.3 Å². The second-order valence-electron chi connectivity index (χ2n) is 8.83. The third kappa shape index (κ3) is 7.21. The first-order valence-corrected chi connectivity index (χ1v) is 13.0. The van der Waals surface area contributed by atoms with Crippen LogP contribution in [0.15, 0.2) is 54.6 Å². The number of aliphatic carboxylic acids is 1. The lowest BCUT2D eigenvalue weighted by atomic mass is 10.1. The van der Waals surface area contributed by atoms with Crippen LogP contribution in [0.3, 0.4) is 0 Å². The van der Waals surface area contributed by atoms with Gasteiger partial charge in [0.2, 0.25) is 5.91 Å². The van der Waals surface area contributed by atoms with E-state index in [0.29, 0.717) is 48.0 Å². The smallest absolute Gasteiger partial charge is 0.303 e. The van der Waals surface area contributed by atoms with Crippen LogP contribution in [0.4, 0.5) is 4.39 Å². The Morgan fingerprint density at radius 2 is 1.70 bits per heavy atom. The number of piperazine rings is 1. The number of amides is 2. The fourth-order valence-corrected chi connectivity index (χ4v) is 5.25. The molecular formula is C27H29FN4O4S. The van der Waals surface area contributed by atoms with Gasteiger partial charge in [0.05, 0.1) is 11.4 Å². The highest BCUT2D eigenvalue weighted by atomic mass is 32.1. The molecule has 3 aromatic rings. The zero-order valence-corrected chi connectivity index (χ0v) is 21.2. The van der Waals surface area contributed by atoms with Crippen molar-refractivity contribution in [1.82, 2.24) is 20.1 Å². The molecule has 0 unspecified atom stereocenters. The number of nitrogens with zero attached hydrogens (tertiary/aromatic N) is 3. The summed E-state index contributed by atoms with van der Waals surface area (Å²) in [4.78, 5) is 45.5. The van der Waals surface area contributed by atoms with Crippen LogP contribution in [0, 0.1) is 5.82 Å². The Morgan fingerprint density at radius 1 is 0.973 bits per heavy atom. The molecule has 0 saturated carbocycles. The van der Waals surface area contributed by atoms with Crippen molar-refractivity contribution in [3.05, 3.63) is 66.1 Å². The van der Waals surface area contributed by atoms with E-state index in [1.165, 1.54) is 23.5 Å². The number of carbonyl (C=O) groups excluding carboxylic acids is 2. The number of nitrogens with one attached hydrogen (secondary N) is 1. The van der Waals surface area contributed by atoms with Gasteiger partial charge in [-0.2, -0.15) is 0 Å². The van der Waals surface area contributed by atoms with E-state index in [1.807, 2.05) is 30.3 Å². The van der Waals surface area contributed by atoms with Crippen LogP contribution in [0.5, 0.6) is 0 Å². The number of hydrogen-bond acceptors (Lipinski definition) is 6. The molecule has 4 rings (SSSR count). The molecule has 10 heteroatoms. The Morgan fingerprint density at radius 3 is 2.41 bits per heavy atom. The molecule has 1 saturated heterocycles. The lowest BCUT2D eigenvalue weighted by molar-refractivity contribution is -0.137. The third-order valence-corrected chi connectivity index (χ3v) is 7.34. The van der Waals surface area contributed by atoms with Crippen LogP contribution in [0.1, 0.15) is 29.8 Å². The van der Waals surface area contributed by atoms with Crippen molar-refractivity contribution in [1.29, 1.82) is 0 Å². The summed E-state index contributed by atoms with van der Waals surface area (Å²) >= 11 is 1.30. The number of carboxylic acids is 1. The van der Waals surface area contributed by atoms with E-state index < -0.39 is 17.7 Å². The van der Waals surface area contributed by atoms with E-state index in [0.717, 1.165) is 18.5 Å². The van der Waals surface area contributed by atoms with Crippen molar-refractivity contribution in [3.63, 3.8) is 0 Å². The van der Waals surface area contributed by atoms with Gasteiger partial charge in [-0.05, 0) is 37.1 Å². The summed E-state index contributed by atoms with van der Waals surface area (Å²) in [5.74, 6) is -1.85. The van der Waals surface area contributed by atoms with Gasteiger partial charge in [0.15, 0.2) is 0 Å². The van der Waals surface area contributed by atoms with Crippen molar-refractivity contribution in [2.45, 2.75) is 19.3 Å². The maximum atomic E-state index is 13.9. The minimum atomic E-state index is -0.783. The molecule has 0 spiro atoms. The predicted octanol–water partition coefficient (Wildman–Crippen LogP) is 3.75. The molecule has 1 fully saturated rings. The first-order valence-electron chi connectivity index (χ1n) is 12.2. The third-order valence-electron chi connectivity index (χ3n) is 6.19. The van der Waals surface area contributed by atoms with Crippen molar-refractivity contribution in [2.75, 3.05) is 39.3 Å². The zero-order valence-electron chi connectivity index (χ0n) is 20.4. The number of carboxylic acid groups (broad SMARTS) is 1. The first-order chi connectivity index (χ1) is 17.9. The average Bonchev–Trinajstić information content (AvgIpc) is 3.36. The maximum Gasteiger partial charge on any atom is 0.303 e. The average molecular weight is 525 g/mol. The predicted molar refractivity (Wildman–Crippen MR) is 140 cm³/mol. The van der Waals surface area contributed by atoms with E-state index in [2.05, 4.69) is 15.2 Å². The highest BCUT2D eigenvalue weighted by Crippen LogP contribution is 2.35. The standard InChI is InChI=1S/C27H29FN4O4S/c28-21-10-6-9-20(17-21)25-24(30-27(37-25)19-7-2-1-3-8-19)26(36)29-18-22(33)32-15-13-31(14-16-32)12-5-4-11-23(34)35/h1-3,6-10,17H,4-5,11-16,18H2,(H,29,36)(H,34,35). The number of benzene rings is 2. The van der Waals surface area contributed by atoms with Gasteiger partial charge in [-0.15, -0.1) is 11.3 Å². The summed E-state index contributed by atoms with van der Waals surface area (Å²) < 4.78 is 13.9. The van der Waals surface area contributed by atoms with Crippen LogP contribution < -0.4 is 5.32 Å². The van der Waals surface area contributed by atoms with E-state index >= 15 is 0 Å². The lowest BCUT2D eigenvalue weighted by Crippen LogP contribution is -2.51. The Balaban J connectivity index is 1.37. The molecule has 37 heavy (non-hydrogen) atoms. The monoisotopic (exact) mass is 524 g/mol. The van der Waals surface area contributed by atoms with Crippen LogP contribution in [-0.4, -0.2) is 76.9 Å². The summed E-state index contributed by atoms with van der Waals surface area (Å²) in [5.41, 5.74) is 1.56. The number of aromatic nitrogens is 1. The molecule has 2 N–H and O–H groups in total. The van der Waals surface area contributed by atoms with Gasteiger partial charge >= 0.3 is 5.97 Å². The molecule has 0 atom stereocenters. The number of unbranched alkanes of at least 4 members (excludes halogenated alkanes) is 1. The zero-order chi connectivity index (χ0) is 26.2. The van der Waals surface area contributed by atoms with E-state index in [4.69, 9.17) is 5.11 Å². The SMILES string of the molecule is O=C(O)CCCCN1CCN(C(=O)CNC(=O)c2nc(-c3ccccc3)sc2-c2cccc(F)c2)CC1. The Labute approximate surface area is 218 Å². The molecule has 1 aromatic heterocycles.